The second-order valence-electron chi connectivity index (χ2n) is 5.62. The topological polar surface area (TPSA) is 52.6 Å². The maximum Gasteiger partial charge on any atom is 0.324 e. The quantitative estimate of drug-likeness (QED) is 0.885. The number of urea groups is 1. The standard InChI is InChI=1S/C17H17ClN2O2/c1-11(2)20-16(21)19-15-9-8-13(18)10-14(15)17(20,22)12-6-4-3-5-7-12/h3-11,22H,1-2H3,(H,19,21). The van der Waals surface area contributed by atoms with E-state index in [1.54, 1.807) is 30.3 Å². The van der Waals surface area contributed by atoms with E-state index in [1.165, 1.54) is 4.90 Å². The van der Waals surface area contributed by atoms with E-state index in [2.05, 4.69) is 5.32 Å². The molecule has 2 aromatic carbocycles. The van der Waals surface area contributed by atoms with Crippen LogP contribution >= 0.6 is 11.6 Å². The number of hydrogen-bond donors (Lipinski definition) is 2. The van der Waals surface area contributed by atoms with E-state index in [0.717, 1.165) is 0 Å². The molecule has 2 amide bonds. The van der Waals surface area contributed by atoms with Gasteiger partial charge in [-0.1, -0.05) is 41.9 Å². The molecule has 2 N–H and O–H groups in total. The number of nitrogens with one attached hydrogen (secondary N) is 1. The molecule has 1 heterocycles. The first-order valence-electron chi connectivity index (χ1n) is 7.13. The molecule has 3 rings (SSSR count). The lowest BCUT2D eigenvalue weighted by Gasteiger charge is -2.46. The molecule has 114 valence electrons. The monoisotopic (exact) mass is 316 g/mol. The lowest BCUT2D eigenvalue weighted by molar-refractivity contribution is -0.0663. The van der Waals surface area contributed by atoms with E-state index in [4.69, 9.17) is 11.6 Å². The van der Waals surface area contributed by atoms with Crippen molar-refractivity contribution in [3.8, 4) is 0 Å². The SMILES string of the molecule is CC(C)N1C(=O)Nc2ccc(Cl)cc2C1(O)c1ccccc1. The van der Waals surface area contributed by atoms with Gasteiger partial charge in [-0.3, -0.25) is 4.90 Å². The van der Waals surface area contributed by atoms with Crippen molar-refractivity contribution in [1.82, 2.24) is 4.90 Å². The number of hydrogen-bond acceptors (Lipinski definition) is 2. The van der Waals surface area contributed by atoms with Crippen LogP contribution in [0.5, 0.6) is 0 Å². The average molecular weight is 317 g/mol. The predicted octanol–water partition coefficient (Wildman–Crippen LogP) is 3.79. The maximum absolute atomic E-state index is 12.5. The molecule has 0 fully saturated rings. The Balaban J connectivity index is 2.31. The molecule has 22 heavy (non-hydrogen) atoms. The van der Waals surface area contributed by atoms with E-state index in [0.29, 0.717) is 21.8 Å². The van der Waals surface area contributed by atoms with Crippen LogP contribution in [0.15, 0.2) is 48.5 Å². The van der Waals surface area contributed by atoms with Gasteiger partial charge in [-0.15, -0.1) is 0 Å². The van der Waals surface area contributed by atoms with Gasteiger partial charge in [-0.2, -0.15) is 0 Å². The van der Waals surface area contributed by atoms with Crippen LogP contribution in [0.3, 0.4) is 0 Å². The molecule has 0 saturated carbocycles. The third-order valence-corrected chi connectivity index (χ3v) is 4.09. The highest BCUT2D eigenvalue weighted by atomic mass is 35.5. The highest BCUT2D eigenvalue weighted by molar-refractivity contribution is 6.30. The second kappa shape index (κ2) is 5.30. The van der Waals surface area contributed by atoms with Gasteiger partial charge in [0.1, 0.15) is 0 Å². The smallest absolute Gasteiger partial charge is 0.324 e. The van der Waals surface area contributed by atoms with Crippen LogP contribution in [0.2, 0.25) is 5.02 Å². The van der Waals surface area contributed by atoms with E-state index >= 15 is 0 Å². The summed E-state index contributed by atoms with van der Waals surface area (Å²) in [6.45, 7) is 3.73. The number of nitrogens with zero attached hydrogens (tertiary/aromatic N) is 1. The van der Waals surface area contributed by atoms with Crippen LogP contribution < -0.4 is 5.32 Å². The molecule has 0 bridgehead atoms. The molecule has 2 aromatic rings. The number of aliphatic hydroxyl groups is 1. The fraction of sp³-hybridized carbons (Fsp3) is 0.235. The van der Waals surface area contributed by atoms with E-state index in [-0.39, 0.29) is 12.1 Å². The number of halogens is 1. The second-order valence-corrected chi connectivity index (χ2v) is 6.06. The van der Waals surface area contributed by atoms with Crippen LogP contribution in [0.1, 0.15) is 25.0 Å². The summed E-state index contributed by atoms with van der Waals surface area (Å²) in [4.78, 5) is 13.9. The zero-order chi connectivity index (χ0) is 15.9. The average Bonchev–Trinajstić information content (AvgIpc) is 2.48. The maximum atomic E-state index is 12.5. The normalized spacial score (nSPS) is 20.8. The summed E-state index contributed by atoms with van der Waals surface area (Å²) in [5, 5.41) is 14.8. The molecule has 1 unspecified atom stereocenters. The first-order valence-corrected chi connectivity index (χ1v) is 7.50. The van der Waals surface area contributed by atoms with Crippen LogP contribution in [-0.4, -0.2) is 22.1 Å². The minimum atomic E-state index is -1.56. The Hall–Kier alpha value is -2.04. The molecule has 4 nitrogen and oxygen atoms in total. The molecule has 0 aliphatic carbocycles. The molecule has 0 saturated heterocycles. The summed E-state index contributed by atoms with van der Waals surface area (Å²) in [6, 6.07) is 13.7. The van der Waals surface area contributed by atoms with E-state index < -0.39 is 5.72 Å². The summed E-state index contributed by atoms with van der Waals surface area (Å²) in [5.74, 6) is 0. The van der Waals surface area contributed by atoms with Gasteiger partial charge in [0.25, 0.3) is 0 Å². The van der Waals surface area contributed by atoms with E-state index in [9.17, 15) is 9.90 Å². The Morgan fingerprint density at radius 1 is 1.18 bits per heavy atom. The summed E-state index contributed by atoms with van der Waals surface area (Å²) in [7, 11) is 0. The Labute approximate surface area is 134 Å². The molecular weight excluding hydrogens is 300 g/mol. The Bertz CT molecular complexity index is 718. The molecule has 0 aromatic heterocycles. The van der Waals surface area contributed by atoms with Crippen molar-refractivity contribution in [2.75, 3.05) is 5.32 Å². The molecular formula is C17H17ClN2O2. The summed E-state index contributed by atoms with van der Waals surface area (Å²) < 4.78 is 0. The van der Waals surface area contributed by atoms with Crippen molar-refractivity contribution in [2.24, 2.45) is 0 Å². The fourth-order valence-corrected chi connectivity index (χ4v) is 3.11. The van der Waals surface area contributed by atoms with Crippen LogP contribution in [0.4, 0.5) is 10.5 Å². The van der Waals surface area contributed by atoms with Crippen molar-refractivity contribution in [3.05, 3.63) is 64.7 Å². The van der Waals surface area contributed by atoms with Gasteiger partial charge in [0.15, 0.2) is 5.72 Å². The third kappa shape index (κ3) is 2.16. The van der Waals surface area contributed by atoms with Gasteiger partial charge in [0.05, 0.1) is 5.69 Å². The third-order valence-electron chi connectivity index (χ3n) is 3.86. The summed E-state index contributed by atoms with van der Waals surface area (Å²) >= 11 is 6.11. The molecule has 1 atom stereocenters. The van der Waals surface area contributed by atoms with Crippen molar-refractivity contribution >= 4 is 23.3 Å². The van der Waals surface area contributed by atoms with Crippen molar-refractivity contribution in [1.29, 1.82) is 0 Å². The fourth-order valence-electron chi connectivity index (χ4n) is 2.94. The van der Waals surface area contributed by atoms with Crippen LogP contribution in [0, 0.1) is 0 Å². The minimum Gasteiger partial charge on any atom is -0.363 e. The van der Waals surface area contributed by atoms with Crippen LogP contribution in [0.25, 0.3) is 0 Å². The van der Waals surface area contributed by atoms with Gasteiger partial charge >= 0.3 is 6.03 Å². The predicted molar refractivity (Wildman–Crippen MR) is 86.9 cm³/mol. The van der Waals surface area contributed by atoms with E-state index in [1.807, 2.05) is 32.0 Å². The number of rotatable bonds is 2. The number of fused-ring (bicyclic) bond motifs is 1. The summed E-state index contributed by atoms with van der Waals surface area (Å²) in [6.07, 6.45) is 0. The number of amides is 2. The number of anilines is 1. The summed E-state index contributed by atoms with van der Waals surface area (Å²) in [5.41, 5.74) is 0.206. The first kappa shape index (κ1) is 14.9. The largest absolute Gasteiger partial charge is 0.363 e. The molecule has 0 spiro atoms. The van der Waals surface area contributed by atoms with Gasteiger partial charge in [-0.05, 0) is 32.0 Å². The number of carbonyl (C=O) groups is 1. The lowest BCUT2D eigenvalue weighted by Crippen LogP contribution is -2.58. The zero-order valence-electron chi connectivity index (χ0n) is 12.4. The molecule has 5 heteroatoms. The van der Waals surface area contributed by atoms with Gasteiger partial charge in [0.2, 0.25) is 0 Å². The molecule has 1 aliphatic heterocycles. The zero-order valence-corrected chi connectivity index (χ0v) is 13.1. The highest BCUT2D eigenvalue weighted by Gasteiger charge is 2.47. The number of carbonyl (C=O) groups excluding carboxylic acids is 1. The van der Waals surface area contributed by atoms with Gasteiger partial charge < -0.3 is 10.4 Å². The Kier molecular flexibility index (Phi) is 3.59. The van der Waals surface area contributed by atoms with Gasteiger partial charge in [0, 0.05) is 22.2 Å². The Morgan fingerprint density at radius 3 is 2.50 bits per heavy atom. The van der Waals surface area contributed by atoms with Crippen molar-refractivity contribution in [2.45, 2.75) is 25.6 Å². The Morgan fingerprint density at radius 2 is 1.86 bits per heavy atom. The van der Waals surface area contributed by atoms with Crippen molar-refractivity contribution in [3.63, 3.8) is 0 Å². The van der Waals surface area contributed by atoms with Gasteiger partial charge in [-0.25, -0.2) is 4.79 Å². The lowest BCUT2D eigenvalue weighted by atomic mass is 9.89. The first-order chi connectivity index (χ1) is 10.4. The highest BCUT2D eigenvalue weighted by Crippen LogP contribution is 2.43. The minimum absolute atomic E-state index is 0.197. The van der Waals surface area contributed by atoms with Crippen LogP contribution in [-0.2, 0) is 5.72 Å². The number of benzene rings is 2. The van der Waals surface area contributed by atoms with Crippen molar-refractivity contribution < 1.29 is 9.90 Å². The molecule has 1 aliphatic rings. The molecule has 0 radical (unpaired) electrons.